The van der Waals surface area contributed by atoms with Gasteiger partial charge in [-0.1, -0.05) is 28.1 Å². The maximum atomic E-state index is 12.8. The molecular weight excluding hydrogens is 332 g/mol. The lowest BCUT2D eigenvalue weighted by atomic mass is 10.1. The van der Waals surface area contributed by atoms with E-state index in [1.165, 1.54) is 0 Å². The summed E-state index contributed by atoms with van der Waals surface area (Å²) >= 11 is 3.46. The van der Waals surface area contributed by atoms with Gasteiger partial charge in [-0.15, -0.1) is 0 Å². The van der Waals surface area contributed by atoms with Crippen molar-refractivity contribution in [1.29, 1.82) is 0 Å². The van der Waals surface area contributed by atoms with Gasteiger partial charge in [0.2, 0.25) is 5.43 Å². The van der Waals surface area contributed by atoms with Crippen LogP contribution >= 0.6 is 15.9 Å². The zero-order valence-corrected chi connectivity index (χ0v) is 12.8. The molecule has 4 nitrogen and oxygen atoms in total. The molecule has 104 valence electrons. The smallest absolute Gasteiger partial charge is 0.201 e. The maximum absolute atomic E-state index is 12.8. The van der Waals surface area contributed by atoms with Gasteiger partial charge in [0.15, 0.2) is 0 Å². The van der Waals surface area contributed by atoms with E-state index >= 15 is 0 Å². The van der Waals surface area contributed by atoms with Crippen molar-refractivity contribution in [2.24, 2.45) is 0 Å². The zero-order valence-electron chi connectivity index (χ0n) is 11.3. The Bertz CT molecular complexity index is 1040. The van der Waals surface area contributed by atoms with Crippen molar-refractivity contribution >= 4 is 43.1 Å². The number of fused-ring (bicyclic) bond motifs is 2. The van der Waals surface area contributed by atoms with Gasteiger partial charge >= 0.3 is 0 Å². The van der Waals surface area contributed by atoms with Crippen LogP contribution in [0.3, 0.4) is 0 Å². The van der Waals surface area contributed by atoms with Crippen LogP contribution in [0, 0.1) is 0 Å². The molecule has 0 aliphatic rings. The molecule has 0 bridgehead atoms. The molecule has 5 heteroatoms. The molecule has 0 aliphatic heterocycles. The van der Waals surface area contributed by atoms with Crippen molar-refractivity contribution in [3.63, 3.8) is 0 Å². The number of aromatic nitrogens is 2. The molecule has 2 aromatic carbocycles. The molecule has 4 rings (SSSR count). The molecule has 0 amide bonds. The van der Waals surface area contributed by atoms with Crippen LogP contribution in [0.4, 0.5) is 0 Å². The van der Waals surface area contributed by atoms with E-state index in [4.69, 9.17) is 4.74 Å². The van der Waals surface area contributed by atoms with E-state index in [9.17, 15) is 4.79 Å². The maximum Gasteiger partial charge on any atom is 0.201 e. The highest BCUT2D eigenvalue weighted by Crippen LogP contribution is 2.32. The van der Waals surface area contributed by atoms with E-state index in [0.29, 0.717) is 21.9 Å². The van der Waals surface area contributed by atoms with Crippen molar-refractivity contribution in [3.8, 4) is 5.75 Å². The van der Waals surface area contributed by atoms with Crippen molar-refractivity contribution in [3.05, 3.63) is 52.3 Å². The summed E-state index contributed by atoms with van der Waals surface area (Å²) in [5.41, 5.74) is 2.55. The fourth-order valence-corrected chi connectivity index (χ4v) is 3.31. The summed E-state index contributed by atoms with van der Waals surface area (Å²) in [5.74, 6) is 0.587. The molecule has 4 aromatic rings. The average Bonchev–Trinajstić information content (AvgIpc) is 2.91. The molecule has 0 saturated heterocycles. The van der Waals surface area contributed by atoms with Crippen molar-refractivity contribution < 1.29 is 4.74 Å². The quantitative estimate of drug-likeness (QED) is 0.414. The molecule has 0 fully saturated rings. The standard InChI is InChI=1S/C16H11BrN2O2/c1-21-13-7-6-9-11(8-17)18-19-12-5-3-2-4-10(12)16(20)14(13)15(9)19/h2-7H,8H2,1H3. The summed E-state index contributed by atoms with van der Waals surface area (Å²) in [6.07, 6.45) is 0. The highest BCUT2D eigenvalue weighted by atomic mass is 79.9. The minimum atomic E-state index is -0.0124. The summed E-state index contributed by atoms with van der Waals surface area (Å²) < 4.78 is 7.24. The van der Waals surface area contributed by atoms with Crippen LogP contribution in [-0.2, 0) is 5.33 Å². The number of methoxy groups -OCH3 is 1. The van der Waals surface area contributed by atoms with Crippen molar-refractivity contribution in [1.82, 2.24) is 9.61 Å². The number of ether oxygens (including phenoxy) is 1. The monoisotopic (exact) mass is 342 g/mol. The van der Waals surface area contributed by atoms with Gasteiger partial charge in [-0.05, 0) is 24.3 Å². The second kappa shape index (κ2) is 4.43. The minimum absolute atomic E-state index is 0.0124. The van der Waals surface area contributed by atoms with Gasteiger partial charge in [0.05, 0.1) is 29.2 Å². The number of hydrogen-bond acceptors (Lipinski definition) is 3. The molecule has 0 radical (unpaired) electrons. The first-order valence-electron chi connectivity index (χ1n) is 6.55. The summed E-state index contributed by atoms with van der Waals surface area (Å²) in [6, 6.07) is 11.3. The number of para-hydroxylation sites is 1. The third kappa shape index (κ3) is 1.55. The lowest BCUT2D eigenvalue weighted by molar-refractivity contribution is 0.419. The number of halogens is 1. The number of nitrogens with zero attached hydrogens (tertiary/aromatic N) is 2. The van der Waals surface area contributed by atoms with E-state index < -0.39 is 0 Å². The third-order valence-electron chi connectivity index (χ3n) is 3.83. The van der Waals surface area contributed by atoms with E-state index in [1.807, 2.05) is 40.9 Å². The average molecular weight is 343 g/mol. The lowest BCUT2D eigenvalue weighted by Crippen LogP contribution is -2.08. The Hall–Kier alpha value is -2.14. The summed E-state index contributed by atoms with van der Waals surface area (Å²) in [6.45, 7) is 0. The first-order valence-corrected chi connectivity index (χ1v) is 7.67. The van der Waals surface area contributed by atoms with E-state index in [1.54, 1.807) is 7.11 Å². The van der Waals surface area contributed by atoms with Gasteiger partial charge in [0.1, 0.15) is 5.75 Å². The fourth-order valence-electron chi connectivity index (χ4n) is 2.90. The van der Waals surface area contributed by atoms with Gasteiger partial charge in [-0.3, -0.25) is 4.79 Å². The minimum Gasteiger partial charge on any atom is -0.496 e. The molecule has 2 aromatic heterocycles. The van der Waals surface area contributed by atoms with Crippen LogP contribution in [0.2, 0.25) is 0 Å². The predicted octanol–water partition coefficient (Wildman–Crippen LogP) is 3.34. The summed E-state index contributed by atoms with van der Waals surface area (Å²) in [4.78, 5) is 12.8. The van der Waals surface area contributed by atoms with Gasteiger partial charge < -0.3 is 4.74 Å². The molecule has 0 saturated carbocycles. The highest BCUT2D eigenvalue weighted by molar-refractivity contribution is 9.08. The normalized spacial score (nSPS) is 11.7. The molecule has 0 unspecified atom stereocenters. The van der Waals surface area contributed by atoms with E-state index in [0.717, 1.165) is 22.1 Å². The summed E-state index contributed by atoms with van der Waals surface area (Å²) in [7, 11) is 1.58. The fraction of sp³-hybridized carbons (Fsp3) is 0.125. The Balaban J connectivity index is 2.42. The van der Waals surface area contributed by atoms with Crippen LogP contribution < -0.4 is 10.2 Å². The highest BCUT2D eigenvalue weighted by Gasteiger charge is 2.19. The van der Waals surface area contributed by atoms with E-state index in [2.05, 4.69) is 21.0 Å². The Kier molecular flexibility index (Phi) is 2.65. The SMILES string of the molecule is COc1ccc2c(CBr)nn3c4ccccc4c(=O)c1c23. The van der Waals surface area contributed by atoms with Crippen LogP contribution in [0.15, 0.2) is 41.2 Å². The van der Waals surface area contributed by atoms with Crippen molar-refractivity contribution in [2.45, 2.75) is 5.33 Å². The second-order valence-corrected chi connectivity index (χ2v) is 5.44. The van der Waals surface area contributed by atoms with Crippen LogP contribution in [0.1, 0.15) is 5.69 Å². The number of benzene rings is 2. The number of rotatable bonds is 2. The third-order valence-corrected chi connectivity index (χ3v) is 4.36. The Morgan fingerprint density at radius 1 is 1.19 bits per heavy atom. The number of alkyl halides is 1. The molecule has 2 heterocycles. The summed E-state index contributed by atoms with van der Waals surface area (Å²) in [5, 5.41) is 7.51. The Morgan fingerprint density at radius 2 is 2.00 bits per heavy atom. The molecule has 0 aliphatic carbocycles. The van der Waals surface area contributed by atoms with Crippen LogP contribution in [0.5, 0.6) is 5.75 Å². The van der Waals surface area contributed by atoms with Gasteiger partial charge in [-0.25, -0.2) is 4.52 Å². The first-order chi connectivity index (χ1) is 10.3. The molecule has 0 spiro atoms. The molecular formula is C16H11BrN2O2. The lowest BCUT2D eigenvalue weighted by Gasteiger charge is -2.07. The van der Waals surface area contributed by atoms with Crippen LogP contribution in [0.25, 0.3) is 27.2 Å². The Labute approximate surface area is 128 Å². The van der Waals surface area contributed by atoms with E-state index in [-0.39, 0.29) is 5.43 Å². The zero-order chi connectivity index (χ0) is 14.6. The topological polar surface area (TPSA) is 43.6 Å². The largest absolute Gasteiger partial charge is 0.496 e. The van der Waals surface area contributed by atoms with Crippen molar-refractivity contribution in [2.75, 3.05) is 7.11 Å². The van der Waals surface area contributed by atoms with Crippen LogP contribution in [-0.4, -0.2) is 16.7 Å². The molecule has 0 N–H and O–H groups in total. The first kappa shape index (κ1) is 12.6. The molecule has 21 heavy (non-hydrogen) atoms. The number of pyridine rings is 1. The Morgan fingerprint density at radius 3 is 2.76 bits per heavy atom. The molecule has 0 atom stereocenters. The predicted molar refractivity (Wildman–Crippen MR) is 86.8 cm³/mol. The second-order valence-electron chi connectivity index (χ2n) is 4.88. The van der Waals surface area contributed by atoms with Gasteiger partial charge in [-0.2, -0.15) is 5.10 Å². The number of hydrogen-bond donors (Lipinski definition) is 0. The van der Waals surface area contributed by atoms with Gasteiger partial charge in [0, 0.05) is 16.1 Å². The van der Waals surface area contributed by atoms with Gasteiger partial charge in [0.25, 0.3) is 0 Å².